The van der Waals surface area contributed by atoms with Crippen LogP contribution in [0.15, 0.2) is 285 Å². The van der Waals surface area contributed by atoms with Gasteiger partial charge in [0.15, 0.2) is 7.14 Å². The lowest BCUT2D eigenvalue weighted by molar-refractivity contribution is 0.592. The zero-order valence-corrected chi connectivity index (χ0v) is 53.4. The lowest BCUT2D eigenvalue weighted by Gasteiger charge is -2.20. The molecule has 5 nitrogen and oxygen atoms in total. The molecule has 0 aliphatic rings. The van der Waals surface area contributed by atoms with E-state index in [1.165, 1.54) is 81.0 Å². The Morgan fingerprint density at radius 2 is 0.604 bits per heavy atom. The maximum Gasteiger partial charge on any atom is 0.171 e. The molecule has 0 bridgehead atoms. The highest BCUT2D eigenvalue weighted by Gasteiger charge is 2.29. The van der Waals surface area contributed by atoms with Gasteiger partial charge in [0.1, 0.15) is 11.6 Å². The first-order valence-electron chi connectivity index (χ1n) is 30.9. The Kier molecular flexibility index (Phi) is 15.9. The van der Waals surface area contributed by atoms with Crippen LogP contribution in [0.1, 0.15) is 34.2 Å². The second-order valence-corrected chi connectivity index (χ2v) is 27.3. The Hall–Kier alpha value is -10.5. The molecule has 0 radical (unpaired) electrons. The van der Waals surface area contributed by atoms with Gasteiger partial charge in [0.2, 0.25) is 0 Å². The number of hydrogen-bond donors (Lipinski definition) is 0. The summed E-state index contributed by atoms with van der Waals surface area (Å²) in [5.41, 5.74) is 22.7. The van der Waals surface area contributed by atoms with E-state index in [1.54, 1.807) is 0 Å². The molecular weight excluding hydrogens is 1140 g/mol. The van der Waals surface area contributed by atoms with E-state index in [0.29, 0.717) is 0 Å². The minimum atomic E-state index is -3.01. The van der Waals surface area contributed by atoms with Crippen molar-refractivity contribution >= 4 is 65.3 Å². The molecule has 15 aromatic rings. The fourth-order valence-corrected chi connectivity index (χ4v) is 16.4. The maximum atomic E-state index is 14.8. The monoisotopic (exact) mass is 1210 g/mol. The quantitative estimate of drug-likeness (QED) is 0.121. The van der Waals surface area contributed by atoms with Crippen LogP contribution in [0.4, 0.5) is 0 Å². The molecule has 0 saturated carbocycles. The predicted octanol–water partition coefficient (Wildman–Crippen LogP) is 21.3. The van der Waals surface area contributed by atoms with E-state index in [1.807, 2.05) is 105 Å². The number of fused-ring (bicyclic) bond motifs is 4. The molecule has 0 fully saturated rings. The van der Waals surface area contributed by atoms with Crippen molar-refractivity contribution in [3.8, 4) is 89.3 Å². The van der Waals surface area contributed by atoms with Crippen molar-refractivity contribution in [2.24, 2.45) is 0 Å². The van der Waals surface area contributed by atoms with Gasteiger partial charge in [0.05, 0.1) is 11.4 Å². The number of aromatic nitrogens is 4. The van der Waals surface area contributed by atoms with Gasteiger partial charge in [-0.3, -0.25) is 0 Å². The van der Waals surface area contributed by atoms with E-state index in [2.05, 4.69) is 243 Å². The summed E-state index contributed by atoms with van der Waals surface area (Å²) in [5.74, 6) is 1.59. The summed E-state index contributed by atoms with van der Waals surface area (Å²) < 4.78 is 17.4. The van der Waals surface area contributed by atoms with Crippen molar-refractivity contribution in [2.45, 2.75) is 41.5 Å². The SMILES string of the molecule is Cc1nc(C)c(C)c(-c2ccc(-c3cc(-c4ccccc4)cc(-c4ccc5sc6ccccc6c5c4)c3)cc2)n1.Cc1nc(C)c(C)c(-c2ccc(-c3ccc(-c4ccc(-c5ccc(P(=O)(c6ccccc6)c6ccccc6)cc5)cc4)c4ccccc34)cc2)n1. The van der Waals surface area contributed by atoms with Crippen molar-refractivity contribution in [1.82, 2.24) is 19.9 Å². The molecule has 91 heavy (non-hydrogen) atoms. The molecular formula is C84H65N4OPS. The Labute approximate surface area is 536 Å². The third-order valence-electron chi connectivity index (χ3n) is 17.6. The van der Waals surface area contributed by atoms with E-state index >= 15 is 0 Å². The van der Waals surface area contributed by atoms with Gasteiger partial charge < -0.3 is 4.57 Å². The van der Waals surface area contributed by atoms with Crippen LogP contribution in [0.5, 0.6) is 0 Å². The number of aryl methyl sites for hydroxylation is 4. The molecule has 0 saturated heterocycles. The summed E-state index contributed by atoms with van der Waals surface area (Å²) in [6.07, 6.45) is 0. The summed E-state index contributed by atoms with van der Waals surface area (Å²) in [7, 11) is -3.01. The van der Waals surface area contributed by atoms with Gasteiger partial charge in [-0.15, -0.1) is 11.3 Å². The highest BCUT2D eigenvalue weighted by atomic mass is 32.1. The molecule has 0 aliphatic carbocycles. The first-order chi connectivity index (χ1) is 44.4. The topological polar surface area (TPSA) is 68.6 Å². The summed E-state index contributed by atoms with van der Waals surface area (Å²) in [5, 5.41) is 7.58. The highest BCUT2D eigenvalue weighted by molar-refractivity contribution is 7.85. The van der Waals surface area contributed by atoms with Gasteiger partial charge >= 0.3 is 0 Å². The Balaban J connectivity index is 0.000000163. The smallest absolute Gasteiger partial charge is 0.171 e. The van der Waals surface area contributed by atoms with Crippen LogP contribution in [-0.4, -0.2) is 19.9 Å². The largest absolute Gasteiger partial charge is 0.309 e. The van der Waals surface area contributed by atoms with Crippen LogP contribution in [0, 0.1) is 41.5 Å². The molecule has 0 N–H and O–H groups in total. The number of benzene rings is 12. The van der Waals surface area contributed by atoms with Crippen LogP contribution in [-0.2, 0) is 4.57 Å². The number of nitrogens with zero attached hydrogens (tertiary/aromatic N) is 4. The van der Waals surface area contributed by atoms with Crippen molar-refractivity contribution in [1.29, 1.82) is 0 Å². The van der Waals surface area contributed by atoms with Crippen LogP contribution >= 0.6 is 18.5 Å². The maximum absolute atomic E-state index is 14.8. The van der Waals surface area contributed by atoms with E-state index < -0.39 is 7.14 Å². The minimum Gasteiger partial charge on any atom is -0.309 e. The lowest BCUT2D eigenvalue weighted by atomic mass is 9.91. The molecule has 7 heteroatoms. The fourth-order valence-electron chi connectivity index (χ4n) is 12.6. The van der Waals surface area contributed by atoms with Crippen molar-refractivity contribution in [2.75, 3.05) is 0 Å². The van der Waals surface area contributed by atoms with Gasteiger partial charge in [-0.2, -0.15) is 0 Å². The lowest BCUT2D eigenvalue weighted by Crippen LogP contribution is -2.24. The average molecular weight is 1210 g/mol. The molecule has 3 heterocycles. The zero-order chi connectivity index (χ0) is 62.2. The van der Waals surface area contributed by atoms with Crippen molar-refractivity contribution < 1.29 is 4.57 Å². The van der Waals surface area contributed by atoms with Gasteiger partial charge in [-0.05, 0) is 167 Å². The molecule has 0 aliphatic heterocycles. The molecule has 3 aromatic heterocycles. The fraction of sp³-hybridized carbons (Fsp3) is 0.0714. The zero-order valence-electron chi connectivity index (χ0n) is 51.7. The van der Waals surface area contributed by atoms with Gasteiger partial charge in [-0.25, -0.2) is 19.9 Å². The standard InChI is InChI=1S/C47H37N2OP.C37H28N2S/c1-32-33(2)48-34(3)49-47(32)39-24-22-38(23-25-39)44-31-30-43(45-16-10-11-17-46(44)45)37-20-18-35(19-21-37)36-26-28-42(29-27-36)51(50,40-12-6-4-7-13-40)41-14-8-5-9-15-41;1-23-24(2)38-25(3)39-37(23)28-15-13-27(14-16-28)31-19-30(26-9-5-4-6-10-26)20-32(21-31)29-17-18-36-34(22-29)33-11-7-8-12-35(33)40-36/h4-31H,1-3H3;4-22H,1-3H3. The first kappa shape index (κ1) is 58.2. The third kappa shape index (κ3) is 11.5. The molecule has 438 valence electrons. The van der Waals surface area contributed by atoms with E-state index in [0.717, 1.165) is 89.3 Å². The van der Waals surface area contributed by atoms with Crippen LogP contribution in [0.2, 0.25) is 0 Å². The third-order valence-corrected chi connectivity index (χ3v) is 21.9. The molecule has 0 unspecified atom stereocenters. The second kappa shape index (κ2) is 24.8. The number of thiophene rings is 1. The predicted molar refractivity (Wildman–Crippen MR) is 386 cm³/mol. The normalized spacial score (nSPS) is 11.5. The summed E-state index contributed by atoms with van der Waals surface area (Å²) in [4.78, 5) is 18.5. The van der Waals surface area contributed by atoms with Crippen LogP contribution < -0.4 is 15.9 Å². The molecule has 0 atom stereocenters. The highest BCUT2D eigenvalue weighted by Crippen LogP contribution is 2.44. The Bertz CT molecular complexity index is 5180. The number of rotatable bonds is 11. The second-order valence-electron chi connectivity index (χ2n) is 23.4. The summed E-state index contributed by atoms with van der Waals surface area (Å²) in [6.45, 7) is 12.2. The average Bonchev–Trinajstić information content (AvgIpc) is 1.73. The Morgan fingerprint density at radius 1 is 0.264 bits per heavy atom. The van der Waals surface area contributed by atoms with Gasteiger partial charge in [0.25, 0.3) is 0 Å². The van der Waals surface area contributed by atoms with E-state index in [4.69, 9.17) is 9.97 Å². The Morgan fingerprint density at radius 3 is 1.09 bits per heavy atom. The van der Waals surface area contributed by atoms with Crippen LogP contribution in [0.3, 0.4) is 0 Å². The first-order valence-corrected chi connectivity index (χ1v) is 33.4. The minimum absolute atomic E-state index is 0.791. The molecule has 15 rings (SSSR count). The number of hydrogen-bond acceptors (Lipinski definition) is 6. The van der Waals surface area contributed by atoms with Crippen molar-refractivity contribution in [3.63, 3.8) is 0 Å². The van der Waals surface area contributed by atoms with Crippen LogP contribution in [0.25, 0.3) is 120 Å². The molecule has 0 spiro atoms. The molecule has 12 aromatic carbocycles. The van der Waals surface area contributed by atoms with E-state index in [9.17, 15) is 4.57 Å². The van der Waals surface area contributed by atoms with Crippen molar-refractivity contribution in [3.05, 3.63) is 319 Å². The van der Waals surface area contributed by atoms with Gasteiger partial charge in [-0.1, -0.05) is 249 Å². The van der Waals surface area contributed by atoms with Gasteiger partial charge in [0, 0.05) is 58.6 Å². The summed E-state index contributed by atoms with van der Waals surface area (Å²) in [6, 6.07) is 100. The molecule has 0 amide bonds. The summed E-state index contributed by atoms with van der Waals surface area (Å²) >= 11 is 1.86. The van der Waals surface area contributed by atoms with E-state index in [-0.39, 0.29) is 0 Å².